The molecule has 0 saturated heterocycles. The van der Waals surface area contributed by atoms with Crippen molar-refractivity contribution in [2.45, 2.75) is 18.4 Å². The van der Waals surface area contributed by atoms with E-state index in [1.165, 1.54) is 5.56 Å². The average molecular weight is 280 g/mol. The molecule has 2 aromatic rings. The van der Waals surface area contributed by atoms with E-state index in [9.17, 15) is 4.79 Å². The lowest BCUT2D eigenvalue weighted by Gasteiger charge is -2.13. The molecule has 0 bridgehead atoms. The van der Waals surface area contributed by atoms with E-state index in [-0.39, 0.29) is 17.9 Å². The largest absolute Gasteiger partial charge is 0.354 e. The van der Waals surface area contributed by atoms with Gasteiger partial charge in [0.15, 0.2) is 0 Å². The Morgan fingerprint density at radius 2 is 1.71 bits per heavy atom. The third-order valence-electron chi connectivity index (χ3n) is 4.08. The van der Waals surface area contributed by atoms with Crippen molar-refractivity contribution in [2.75, 3.05) is 6.54 Å². The van der Waals surface area contributed by atoms with E-state index in [1.54, 1.807) is 0 Å². The van der Waals surface area contributed by atoms with Gasteiger partial charge in [-0.3, -0.25) is 4.79 Å². The van der Waals surface area contributed by atoms with Crippen molar-refractivity contribution in [3.8, 4) is 0 Å². The SMILES string of the molecule is NC(CNC(=O)C1CC1c1ccccc1)c1ccccc1. The van der Waals surface area contributed by atoms with Crippen LogP contribution < -0.4 is 11.1 Å². The van der Waals surface area contributed by atoms with E-state index < -0.39 is 0 Å². The van der Waals surface area contributed by atoms with Crippen LogP contribution in [0.25, 0.3) is 0 Å². The summed E-state index contributed by atoms with van der Waals surface area (Å²) in [7, 11) is 0. The highest BCUT2D eigenvalue weighted by molar-refractivity contribution is 5.82. The predicted octanol–water partition coefficient (Wildman–Crippen LogP) is 2.61. The molecule has 1 aliphatic rings. The summed E-state index contributed by atoms with van der Waals surface area (Å²) in [6, 6.07) is 19.9. The fraction of sp³-hybridized carbons (Fsp3) is 0.278. The molecule has 1 saturated carbocycles. The molecule has 3 rings (SSSR count). The van der Waals surface area contributed by atoms with Crippen molar-refractivity contribution in [3.63, 3.8) is 0 Å². The molecule has 0 spiro atoms. The van der Waals surface area contributed by atoms with Crippen LogP contribution in [-0.4, -0.2) is 12.5 Å². The summed E-state index contributed by atoms with van der Waals surface area (Å²) in [4.78, 5) is 12.2. The Bertz CT molecular complexity index is 597. The maximum absolute atomic E-state index is 12.2. The molecule has 3 unspecified atom stereocenters. The Kier molecular flexibility index (Phi) is 4.02. The number of nitrogens with one attached hydrogen (secondary N) is 1. The Morgan fingerprint density at radius 3 is 2.38 bits per heavy atom. The molecule has 1 fully saturated rings. The first-order valence-electron chi connectivity index (χ1n) is 7.39. The highest BCUT2D eigenvalue weighted by atomic mass is 16.2. The van der Waals surface area contributed by atoms with Crippen LogP contribution in [0.15, 0.2) is 60.7 Å². The predicted molar refractivity (Wildman–Crippen MR) is 83.7 cm³/mol. The van der Waals surface area contributed by atoms with Crippen LogP contribution in [0.2, 0.25) is 0 Å². The van der Waals surface area contributed by atoms with Gasteiger partial charge in [0, 0.05) is 18.5 Å². The first kappa shape index (κ1) is 13.8. The number of hydrogen-bond acceptors (Lipinski definition) is 2. The van der Waals surface area contributed by atoms with Crippen molar-refractivity contribution in [1.82, 2.24) is 5.32 Å². The van der Waals surface area contributed by atoms with Crippen LogP contribution in [0.4, 0.5) is 0 Å². The topological polar surface area (TPSA) is 55.1 Å². The number of benzene rings is 2. The summed E-state index contributed by atoms with van der Waals surface area (Å²) in [6.07, 6.45) is 0.941. The minimum Gasteiger partial charge on any atom is -0.354 e. The highest BCUT2D eigenvalue weighted by Gasteiger charge is 2.43. The third-order valence-corrected chi connectivity index (χ3v) is 4.08. The minimum atomic E-state index is -0.149. The molecule has 0 radical (unpaired) electrons. The maximum atomic E-state index is 12.2. The molecule has 0 aliphatic heterocycles. The van der Waals surface area contributed by atoms with Gasteiger partial charge in [-0.25, -0.2) is 0 Å². The molecule has 0 aromatic heterocycles. The van der Waals surface area contributed by atoms with Crippen LogP contribution in [0.3, 0.4) is 0 Å². The van der Waals surface area contributed by atoms with Crippen molar-refractivity contribution < 1.29 is 4.79 Å². The van der Waals surface area contributed by atoms with Crippen LogP contribution in [0.1, 0.15) is 29.5 Å². The van der Waals surface area contributed by atoms with Gasteiger partial charge < -0.3 is 11.1 Å². The van der Waals surface area contributed by atoms with Crippen LogP contribution in [0, 0.1) is 5.92 Å². The van der Waals surface area contributed by atoms with E-state index in [0.717, 1.165) is 12.0 Å². The first-order chi connectivity index (χ1) is 10.3. The van der Waals surface area contributed by atoms with Crippen molar-refractivity contribution in [2.24, 2.45) is 11.7 Å². The summed E-state index contributed by atoms with van der Waals surface area (Å²) in [6.45, 7) is 0.487. The summed E-state index contributed by atoms with van der Waals surface area (Å²) in [5, 5.41) is 2.98. The zero-order chi connectivity index (χ0) is 14.7. The highest BCUT2D eigenvalue weighted by Crippen LogP contribution is 2.47. The lowest BCUT2D eigenvalue weighted by molar-refractivity contribution is -0.122. The Labute approximate surface area is 125 Å². The van der Waals surface area contributed by atoms with E-state index in [1.807, 2.05) is 48.5 Å². The minimum absolute atomic E-state index is 0.107. The second-order valence-electron chi connectivity index (χ2n) is 5.62. The number of amides is 1. The number of carbonyl (C=O) groups excluding carboxylic acids is 1. The standard InChI is InChI=1S/C18H20N2O/c19-17(14-9-5-2-6-10-14)12-20-18(21)16-11-15(16)13-7-3-1-4-8-13/h1-10,15-17H,11-12,19H2,(H,20,21). The normalized spacial score (nSPS) is 21.6. The molecule has 1 amide bonds. The number of hydrogen-bond donors (Lipinski definition) is 2. The van der Waals surface area contributed by atoms with Gasteiger partial charge >= 0.3 is 0 Å². The van der Waals surface area contributed by atoms with Gasteiger partial charge in [-0.05, 0) is 23.5 Å². The Morgan fingerprint density at radius 1 is 1.10 bits per heavy atom. The zero-order valence-electron chi connectivity index (χ0n) is 11.9. The van der Waals surface area contributed by atoms with Crippen LogP contribution in [0.5, 0.6) is 0 Å². The first-order valence-corrected chi connectivity index (χ1v) is 7.39. The quantitative estimate of drug-likeness (QED) is 0.884. The van der Waals surface area contributed by atoms with Crippen LogP contribution >= 0.6 is 0 Å². The van der Waals surface area contributed by atoms with Crippen molar-refractivity contribution in [1.29, 1.82) is 0 Å². The van der Waals surface area contributed by atoms with Gasteiger partial charge in [-0.15, -0.1) is 0 Å². The van der Waals surface area contributed by atoms with E-state index in [4.69, 9.17) is 5.73 Å². The summed E-state index contributed by atoms with van der Waals surface area (Å²) < 4.78 is 0. The van der Waals surface area contributed by atoms with Gasteiger partial charge in [0.05, 0.1) is 0 Å². The lowest BCUT2D eigenvalue weighted by Crippen LogP contribution is -2.33. The fourth-order valence-corrected chi connectivity index (χ4v) is 2.71. The molecule has 3 nitrogen and oxygen atoms in total. The molecule has 0 heterocycles. The Balaban J connectivity index is 1.50. The Hall–Kier alpha value is -2.13. The summed E-state index contributed by atoms with van der Waals surface area (Å²) in [5.41, 5.74) is 8.40. The van der Waals surface area contributed by atoms with E-state index in [0.29, 0.717) is 12.5 Å². The molecule has 108 valence electrons. The van der Waals surface area contributed by atoms with Gasteiger partial charge in [0.2, 0.25) is 5.91 Å². The van der Waals surface area contributed by atoms with Crippen molar-refractivity contribution >= 4 is 5.91 Å². The molecular formula is C18H20N2O. The molecule has 3 atom stereocenters. The van der Waals surface area contributed by atoms with Gasteiger partial charge in [0.1, 0.15) is 0 Å². The summed E-state index contributed by atoms with van der Waals surface area (Å²) in [5.74, 6) is 0.602. The maximum Gasteiger partial charge on any atom is 0.223 e. The molecule has 2 aromatic carbocycles. The fourth-order valence-electron chi connectivity index (χ4n) is 2.71. The molecule has 21 heavy (non-hydrogen) atoms. The third kappa shape index (κ3) is 3.31. The van der Waals surface area contributed by atoms with Gasteiger partial charge in [-0.2, -0.15) is 0 Å². The van der Waals surface area contributed by atoms with E-state index >= 15 is 0 Å². The average Bonchev–Trinajstić information content (AvgIpc) is 3.35. The number of carbonyl (C=O) groups is 1. The second-order valence-corrected chi connectivity index (χ2v) is 5.62. The monoisotopic (exact) mass is 280 g/mol. The molecular weight excluding hydrogens is 260 g/mol. The van der Waals surface area contributed by atoms with Gasteiger partial charge in [-0.1, -0.05) is 60.7 Å². The zero-order valence-corrected chi connectivity index (χ0v) is 11.9. The van der Waals surface area contributed by atoms with Crippen LogP contribution in [-0.2, 0) is 4.79 Å². The molecule has 3 N–H and O–H groups in total. The lowest BCUT2D eigenvalue weighted by atomic mass is 10.1. The summed E-state index contributed by atoms with van der Waals surface area (Å²) >= 11 is 0. The molecule has 3 heteroatoms. The van der Waals surface area contributed by atoms with E-state index in [2.05, 4.69) is 17.4 Å². The van der Waals surface area contributed by atoms with Crippen molar-refractivity contribution in [3.05, 3.63) is 71.8 Å². The number of rotatable bonds is 5. The second kappa shape index (κ2) is 6.10. The molecule has 1 aliphatic carbocycles. The number of nitrogens with two attached hydrogens (primary N) is 1. The smallest absolute Gasteiger partial charge is 0.223 e. The van der Waals surface area contributed by atoms with Gasteiger partial charge in [0.25, 0.3) is 0 Å².